The first-order chi connectivity index (χ1) is 10.2. The monoisotopic (exact) mass is 354 g/mol. The third-order valence-corrected chi connectivity index (χ3v) is 5.08. The van der Waals surface area contributed by atoms with Gasteiger partial charge in [-0.3, -0.25) is 14.6 Å². The highest BCUT2D eigenvalue weighted by Gasteiger charge is 2.37. The van der Waals surface area contributed by atoms with Crippen LogP contribution in [0.15, 0.2) is 16.6 Å². The van der Waals surface area contributed by atoms with Crippen LogP contribution in [0.4, 0.5) is 0 Å². The van der Waals surface area contributed by atoms with Gasteiger partial charge in [0.15, 0.2) is 5.78 Å². The van der Waals surface area contributed by atoms with Crippen LogP contribution < -0.4 is 9.47 Å². The summed E-state index contributed by atoms with van der Waals surface area (Å²) in [6.07, 6.45) is 0. The Morgan fingerprint density at radius 1 is 1.19 bits per heavy atom. The molecule has 5 nitrogen and oxygen atoms in total. The number of rotatable bonds is 4. The standard InChI is InChI=1S/C15H19BrN2O3/c1-20-12-4-3-10(15(21-2)13(12)16)14(19)11-9-17-5-7-18(11)8-6-17/h3-4,11H,5-9H2,1-2H3. The predicted octanol–water partition coefficient (Wildman–Crippen LogP) is 1.65. The highest BCUT2D eigenvalue weighted by molar-refractivity contribution is 9.10. The molecule has 6 heteroatoms. The van der Waals surface area contributed by atoms with Gasteiger partial charge in [-0.05, 0) is 28.1 Å². The molecule has 3 saturated heterocycles. The summed E-state index contributed by atoms with van der Waals surface area (Å²) in [7, 11) is 3.17. The maximum absolute atomic E-state index is 12.9. The van der Waals surface area contributed by atoms with E-state index in [2.05, 4.69) is 25.7 Å². The van der Waals surface area contributed by atoms with Crippen LogP contribution in [0.5, 0.6) is 11.5 Å². The number of nitrogens with zero attached hydrogens (tertiary/aromatic N) is 2. The molecular weight excluding hydrogens is 336 g/mol. The summed E-state index contributed by atoms with van der Waals surface area (Å²) in [5.74, 6) is 1.34. The Morgan fingerprint density at radius 2 is 1.90 bits per heavy atom. The third-order valence-electron chi connectivity index (χ3n) is 4.33. The molecule has 3 heterocycles. The van der Waals surface area contributed by atoms with Crippen LogP contribution in [-0.2, 0) is 0 Å². The normalized spacial score (nSPS) is 27.5. The lowest BCUT2D eigenvalue weighted by atomic mass is 9.97. The number of hydrogen-bond donors (Lipinski definition) is 0. The minimum Gasteiger partial charge on any atom is -0.495 e. The first-order valence-electron chi connectivity index (χ1n) is 7.06. The summed E-state index contributed by atoms with van der Waals surface area (Å²) in [5.41, 5.74) is 0.615. The van der Waals surface area contributed by atoms with Gasteiger partial charge in [0.05, 0.1) is 25.8 Å². The summed E-state index contributed by atoms with van der Waals surface area (Å²) >= 11 is 3.46. The van der Waals surface area contributed by atoms with E-state index in [1.807, 2.05) is 0 Å². The molecule has 3 fully saturated rings. The van der Waals surface area contributed by atoms with Crippen molar-refractivity contribution >= 4 is 21.7 Å². The number of Topliss-reactive ketones (excluding diaryl/α,β-unsaturated/α-hetero) is 1. The van der Waals surface area contributed by atoms with Gasteiger partial charge >= 0.3 is 0 Å². The van der Waals surface area contributed by atoms with E-state index in [0.29, 0.717) is 21.5 Å². The van der Waals surface area contributed by atoms with E-state index < -0.39 is 0 Å². The first-order valence-corrected chi connectivity index (χ1v) is 7.86. The topological polar surface area (TPSA) is 42.0 Å². The number of ketones is 1. The number of fused-ring (bicyclic) bond motifs is 3. The van der Waals surface area contributed by atoms with Gasteiger partial charge in [-0.15, -0.1) is 0 Å². The minimum atomic E-state index is -0.0679. The Labute approximate surface area is 132 Å². The third kappa shape index (κ3) is 2.56. The van der Waals surface area contributed by atoms with Crippen molar-refractivity contribution in [2.45, 2.75) is 6.04 Å². The van der Waals surface area contributed by atoms with Gasteiger partial charge in [-0.1, -0.05) is 0 Å². The minimum absolute atomic E-state index is 0.0679. The van der Waals surface area contributed by atoms with Crippen LogP contribution in [0.3, 0.4) is 0 Å². The molecule has 0 N–H and O–H groups in total. The molecule has 2 bridgehead atoms. The lowest BCUT2D eigenvalue weighted by molar-refractivity contribution is 0.0158. The largest absolute Gasteiger partial charge is 0.495 e. The number of benzene rings is 1. The van der Waals surface area contributed by atoms with Crippen molar-refractivity contribution in [3.8, 4) is 11.5 Å². The Balaban J connectivity index is 1.93. The Hall–Kier alpha value is -1.11. The van der Waals surface area contributed by atoms with Gasteiger partial charge in [0, 0.05) is 32.7 Å². The number of carbonyl (C=O) groups excluding carboxylic acids is 1. The summed E-state index contributed by atoms with van der Waals surface area (Å²) in [6.45, 7) is 4.87. The zero-order valence-corrected chi connectivity index (χ0v) is 13.9. The van der Waals surface area contributed by atoms with Crippen molar-refractivity contribution < 1.29 is 14.3 Å². The van der Waals surface area contributed by atoms with Gasteiger partial charge in [0.1, 0.15) is 16.0 Å². The van der Waals surface area contributed by atoms with Gasteiger partial charge in [0.2, 0.25) is 0 Å². The van der Waals surface area contributed by atoms with Crippen LogP contribution in [-0.4, -0.2) is 68.6 Å². The van der Waals surface area contributed by atoms with E-state index in [0.717, 1.165) is 32.7 Å². The molecule has 0 radical (unpaired) electrons. The Morgan fingerprint density at radius 3 is 2.43 bits per heavy atom. The van der Waals surface area contributed by atoms with Crippen molar-refractivity contribution in [3.05, 3.63) is 22.2 Å². The smallest absolute Gasteiger partial charge is 0.185 e. The van der Waals surface area contributed by atoms with E-state index in [4.69, 9.17) is 9.47 Å². The fraction of sp³-hybridized carbons (Fsp3) is 0.533. The van der Waals surface area contributed by atoms with Crippen molar-refractivity contribution in [1.29, 1.82) is 0 Å². The average molecular weight is 355 g/mol. The number of hydrogen-bond acceptors (Lipinski definition) is 5. The van der Waals surface area contributed by atoms with Gasteiger partial charge in [-0.25, -0.2) is 0 Å². The zero-order valence-electron chi connectivity index (χ0n) is 12.3. The maximum atomic E-state index is 12.9. The number of methoxy groups -OCH3 is 2. The van der Waals surface area contributed by atoms with E-state index in [1.165, 1.54) is 0 Å². The zero-order chi connectivity index (χ0) is 15.0. The molecule has 1 aromatic carbocycles. The molecule has 114 valence electrons. The second-order valence-electron chi connectivity index (χ2n) is 5.38. The number of carbonyl (C=O) groups is 1. The van der Waals surface area contributed by atoms with Crippen molar-refractivity contribution in [2.24, 2.45) is 0 Å². The highest BCUT2D eigenvalue weighted by Crippen LogP contribution is 2.38. The molecule has 0 amide bonds. The van der Waals surface area contributed by atoms with Crippen molar-refractivity contribution in [1.82, 2.24) is 9.80 Å². The molecule has 4 rings (SSSR count). The van der Waals surface area contributed by atoms with E-state index in [9.17, 15) is 4.79 Å². The molecule has 0 spiro atoms. The summed E-state index contributed by atoms with van der Waals surface area (Å²) < 4.78 is 11.4. The van der Waals surface area contributed by atoms with Crippen LogP contribution in [0.25, 0.3) is 0 Å². The fourth-order valence-corrected chi connectivity index (χ4v) is 3.80. The molecule has 0 aromatic heterocycles. The first kappa shape index (κ1) is 14.8. The molecule has 1 unspecified atom stereocenters. The van der Waals surface area contributed by atoms with Crippen LogP contribution in [0, 0.1) is 0 Å². The number of halogens is 1. The van der Waals surface area contributed by atoms with E-state index in [-0.39, 0.29) is 11.8 Å². The quantitative estimate of drug-likeness (QED) is 0.769. The second-order valence-corrected chi connectivity index (χ2v) is 6.17. The van der Waals surface area contributed by atoms with E-state index >= 15 is 0 Å². The molecule has 1 atom stereocenters. The molecule has 21 heavy (non-hydrogen) atoms. The van der Waals surface area contributed by atoms with Crippen molar-refractivity contribution in [3.63, 3.8) is 0 Å². The average Bonchev–Trinajstić information content (AvgIpc) is 2.54. The lowest BCUT2D eigenvalue weighted by Gasteiger charge is -2.46. The fourth-order valence-electron chi connectivity index (χ4n) is 3.14. The van der Waals surface area contributed by atoms with Crippen LogP contribution in [0.1, 0.15) is 10.4 Å². The predicted molar refractivity (Wildman–Crippen MR) is 83.4 cm³/mol. The van der Waals surface area contributed by atoms with Crippen molar-refractivity contribution in [2.75, 3.05) is 46.9 Å². The van der Waals surface area contributed by atoms with E-state index in [1.54, 1.807) is 26.4 Å². The Kier molecular flexibility index (Phi) is 4.19. The van der Waals surface area contributed by atoms with Gasteiger partial charge < -0.3 is 9.47 Å². The molecular formula is C15H19BrN2O3. The maximum Gasteiger partial charge on any atom is 0.185 e. The van der Waals surface area contributed by atoms with Crippen LogP contribution in [0.2, 0.25) is 0 Å². The molecule has 3 aliphatic heterocycles. The summed E-state index contributed by atoms with van der Waals surface area (Å²) in [4.78, 5) is 17.5. The molecule has 0 aliphatic carbocycles. The summed E-state index contributed by atoms with van der Waals surface area (Å²) in [6, 6.07) is 3.53. The molecule has 1 aromatic rings. The number of piperazine rings is 3. The summed E-state index contributed by atoms with van der Waals surface area (Å²) in [5, 5.41) is 0. The second kappa shape index (κ2) is 5.94. The number of ether oxygens (including phenoxy) is 2. The lowest BCUT2D eigenvalue weighted by Crippen LogP contribution is -2.63. The molecule has 0 saturated carbocycles. The van der Waals surface area contributed by atoms with Crippen LogP contribution >= 0.6 is 15.9 Å². The SMILES string of the molecule is COc1ccc(C(=O)C2CN3CCN2CC3)c(OC)c1Br. The highest BCUT2D eigenvalue weighted by atomic mass is 79.9. The van der Waals surface area contributed by atoms with Gasteiger partial charge in [-0.2, -0.15) is 0 Å². The van der Waals surface area contributed by atoms with Gasteiger partial charge in [0.25, 0.3) is 0 Å². The Bertz CT molecular complexity index is 556. The molecule has 3 aliphatic rings.